The fourth-order valence-electron chi connectivity index (χ4n) is 4.83. The number of nitrogens with zero attached hydrogens (tertiary/aromatic N) is 4. The number of rotatable bonds is 10. The van der Waals surface area contributed by atoms with Crippen molar-refractivity contribution in [1.29, 1.82) is 0 Å². The van der Waals surface area contributed by atoms with Crippen molar-refractivity contribution in [3.63, 3.8) is 0 Å². The van der Waals surface area contributed by atoms with Crippen molar-refractivity contribution >= 4 is 52.1 Å². The van der Waals surface area contributed by atoms with Gasteiger partial charge in [0.05, 0.1) is 24.2 Å². The van der Waals surface area contributed by atoms with Crippen LogP contribution in [0.4, 0.5) is 15.8 Å². The third-order valence-electron chi connectivity index (χ3n) is 7.00. The number of methoxy groups -OCH3 is 1. The summed E-state index contributed by atoms with van der Waals surface area (Å²) >= 11 is 12.1. The number of amides is 2. The lowest BCUT2D eigenvalue weighted by Crippen LogP contribution is -2.47. The molecule has 1 N–H and O–H groups in total. The number of hydrogen-bond donors (Lipinski definition) is 1. The second kappa shape index (κ2) is 12.8. The van der Waals surface area contributed by atoms with E-state index >= 15 is 0 Å². The van der Waals surface area contributed by atoms with Gasteiger partial charge in [0.25, 0.3) is 5.91 Å². The number of nitrogens with one attached hydrogen (secondary N) is 1. The standard InChI is InChI=1S/C27H33ClFN5O3S/c1-3-31-13-15-32(16-14-31)11-4-12-33-23(18-25(35)30-20-7-5-19(29)6-8-20)26(36)34(27(33)38)21-9-10-24(37-2)22(28)17-21/h5-10,17,23H,3-4,11-16,18H2,1-2H3,(H,30,35)/t23-/m1/s1. The maximum Gasteiger partial charge on any atom is 0.256 e. The van der Waals surface area contributed by atoms with Crippen molar-refractivity contribution in [3.05, 3.63) is 53.3 Å². The maximum atomic E-state index is 13.6. The molecular weight excluding hydrogens is 529 g/mol. The van der Waals surface area contributed by atoms with Crippen LogP contribution in [-0.4, -0.2) is 90.6 Å². The molecule has 2 amide bonds. The van der Waals surface area contributed by atoms with Gasteiger partial charge >= 0.3 is 0 Å². The molecule has 38 heavy (non-hydrogen) atoms. The van der Waals surface area contributed by atoms with E-state index in [1.165, 1.54) is 36.3 Å². The zero-order valence-corrected chi connectivity index (χ0v) is 23.2. The van der Waals surface area contributed by atoms with Gasteiger partial charge in [-0.1, -0.05) is 18.5 Å². The number of thiocarbonyl (C=S) groups is 1. The number of anilines is 2. The highest BCUT2D eigenvalue weighted by Crippen LogP contribution is 2.33. The second-order valence-electron chi connectivity index (χ2n) is 9.37. The number of likely N-dealkylation sites (N-methyl/N-ethyl adjacent to an activating group) is 1. The Morgan fingerprint density at radius 2 is 1.79 bits per heavy atom. The first-order valence-electron chi connectivity index (χ1n) is 12.8. The average molecular weight is 562 g/mol. The van der Waals surface area contributed by atoms with Gasteiger partial charge in [-0.2, -0.15) is 0 Å². The lowest BCUT2D eigenvalue weighted by atomic mass is 10.1. The van der Waals surface area contributed by atoms with Crippen LogP contribution in [0.15, 0.2) is 42.5 Å². The van der Waals surface area contributed by atoms with Crippen molar-refractivity contribution < 1.29 is 18.7 Å². The molecule has 2 heterocycles. The normalized spacial score (nSPS) is 18.8. The van der Waals surface area contributed by atoms with E-state index in [0.717, 1.165) is 45.7 Å². The van der Waals surface area contributed by atoms with E-state index in [0.29, 0.717) is 33.8 Å². The maximum absolute atomic E-state index is 13.6. The highest BCUT2D eigenvalue weighted by atomic mass is 35.5. The molecule has 0 unspecified atom stereocenters. The largest absolute Gasteiger partial charge is 0.495 e. The van der Waals surface area contributed by atoms with Crippen LogP contribution < -0.4 is 15.0 Å². The van der Waals surface area contributed by atoms with Crippen molar-refractivity contribution in [2.75, 3.05) is 63.1 Å². The van der Waals surface area contributed by atoms with Crippen LogP contribution in [0.5, 0.6) is 5.75 Å². The summed E-state index contributed by atoms with van der Waals surface area (Å²) in [6.45, 7) is 8.78. The Hall–Kier alpha value is -2.79. The first kappa shape index (κ1) is 28.2. The summed E-state index contributed by atoms with van der Waals surface area (Å²) < 4.78 is 18.5. The smallest absolute Gasteiger partial charge is 0.256 e. The zero-order valence-electron chi connectivity index (χ0n) is 21.7. The molecule has 2 aliphatic heterocycles. The van der Waals surface area contributed by atoms with E-state index in [9.17, 15) is 14.0 Å². The molecule has 0 spiro atoms. The SMILES string of the molecule is CCN1CCN(CCCN2C(=S)N(c3ccc(OC)c(Cl)c3)C(=O)[C@H]2CC(=O)Nc2ccc(F)cc2)CC1. The molecule has 204 valence electrons. The van der Waals surface area contributed by atoms with Crippen molar-refractivity contribution in [1.82, 2.24) is 14.7 Å². The molecule has 0 aromatic heterocycles. The van der Waals surface area contributed by atoms with Gasteiger partial charge in [0, 0.05) is 38.4 Å². The molecule has 2 aromatic rings. The molecule has 2 fully saturated rings. The van der Waals surface area contributed by atoms with Gasteiger partial charge in [0.15, 0.2) is 5.11 Å². The molecule has 0 bridgehead atoms. The van der Waals surface area contributed by atoms with Crippen LogP contribution in [0, 0.1) is 5.82 Å². The van der Waals surface area contributed by atoms with E-state index < -0.39 is 11.9 Å². The molecule has 8 nitrogen and oxygen atoms in total. The summed E-state index contributed by atoms with van der Waals surface area (Å²) in [5, 5.41) is 3.45. The lowest BCUT2D eigenvalue weighted by Gasteiger charge is -2.34. The average Bonchev–Trinajstić information content (AvgIpc) is 3.14. The molecular formula is C27H33ClFN5O3S. The Kier molecular flexibility index (Phi) is 9.54. The Balaban J connectivity index is 1.48. The van der Waals surface area contributed by atoms with Crippen LogP contribution in [0.25, 0.3) is 0 Å². The number of carbonyl (C=O) groups excluding carboxylic acids is 2. The van der Waals surface area contributed by atoms with Gasteiger partial charge in [-0.25, -0.2) is 4.39 Å². The summed E-state index contributed by atoms with van der Waals surface area (Å²) in [6, 6.07) is 9.79. The van der Waals surface area contributed by atoms with Crippen molar-refractivity contribution in [2.45, 2.75) is 25.8 Å². The van der Waals surface area contributed by atoms with E-state index in [1.807, 2.05) is 4.90 Å². The topological polar surface area (TPSA) is 68.4 Å². The summed E-state index contributed by atoms with van der Waals surface area (Å²) in [5.74, 6) is -0.547. The van der Waals surface area contributed by atoms with Crippen molar-refractivity contribution in [3.8, 4) is 5.75 Å². The Morgan fingerprint density at radius 1 is 1.11 bits per heavy atom. The first-order chi connectivity index (χ1) is 18.3. The molecule has 2 aliphatic rings. The second-order valence-corrected chi connectivity index (χ2v) is 10.1. The molecule has 2 saturated heterocycles. The highest BCUT2D eigenvalue weighted by Gasteiger charge is 2.44. The summed E-state index contributed by atoms with van der Waals surface area (Å²) in [5.41, 5.74) is 0.980. The number of ether oxygens (including phenoxy) is 1. The molecule has 2 aromatic carbocycles. The number of halogens is 2. The predicted molar refractivity (Wildman–Crippen MR) is 151 cm³/mol. The van der Waals surface area contributed by atoms with Crippen LogP contribution in [0.3, 0.4) is 0 Å². The minimum Gasteiger partial charge on any atom is -0.495 e. The third kappa shape index (κ3) is 6.61. The molecule has 0 saturated carbocycles. The summed E-state index contributed by atoms with van der Waals surface area (Å²) in [4.78, 5) is 34.7. The van der Waals surface area contributed by atoms with Crippen molar-refractivity contribution in [2.24, 2.45) is 0 Å². The minimum absolute atomic E-state index is 0.0914. The number of benzene rings is 2. The molecule has 11 heteroatoms. The van der Waals surface area contributed by atoms with Gasteiger partial charge in [-0.15, -0.1) is 0 Å². The summed E-state index contributed by atoms with van der Waals surface area (Å²) in [6.07, 6.45) is 0.707. The lowest BCUT2D eigenvalue weighted by molar-refractivity contribution is -0.124. The molecule has 0 radical (unpaired) electrons. The number of piperazine rings is 1. The fraction of sp³-hybridized carbons (Fsp3) is 0.444. The Labute approximate surface area is 233 Å². The van der Waals surface area contributed by atoms with Crippen LogP contribution in [0.1, 0.15) is 19.8 Å². The highest BCUT2D eigenvalue weighted by molar-refractivity contribution is 7.80. The van der Waals surface area contributed by atoms with E-state index in [1.54, 1.807) is 18.2 Å². The van der Waals surface area contributed by atoms with E-state index in [4.69, 9.17) is 28.6 Å². The van der Waals surface area contributed by atoms with E-state index in [2.05, 4.69) is 22.0 Å². The number of carbonyl (C=O) groups is 2. The molecule has 0 aliphatic carbocycles. The summed E-state index contributed by atoms with van der Waals surface area (Å²) in [7, 11) is 1.52. The van der Waals surface area contributed by atoms with Gasteiger partial charge in [-0.05, 0) is 74.2 Å². The predicted octanol–water partition coefficient (Wildman–Crippen LogP) is 3.85. The Morgan fingerprint density at radius 3 is 2.42 bits per heavy atom. The van der Waals surface area contributed by atoms with Gasteiger partial charge < -0.3 is 24.8 Å². The van der Waals surface area contributed by atoms with Crippen LogP contribution in [0.2, 0.25) is 5.02 Å². The first-order valence-corrected chi connectivity index (χ1v) is 13.6. The van der Waals surface area contributed by atoms with Crippen LogP contribution in [-0.2, 0) is 9.59 Å². The Bertz CT molecular complexity index is 1160. The molecule has 4 rings (SSSR count). The van der Waals surface area contributed by atoms with E-state index in [-0.39, 0.29) is 18.2 Å². The fourth-order valence-corrected chi connectivity index (χ4v) is 5.50. The minimum atomic E-state index is -0.763. The number of hydrogen-bond acceptors (Lipinski definition) is 6. The monoisotopic (exact) mass is 561 g/mol. The molecule has 1 atom stereocenters. The van der Waals surface area contributed by atoms with Crippen LogP contribution >= 0.6 is 23.8 Å². The quantitative estimate of drug-likeness (QED) is 0.442. The third-order valence-corrected chi connectivity index (χ3v) is 7.72. The van der Waals surface area contributed by atoms with Gasteiger partial charge in [0.2, 0.25) is 5.91 Å². The van der Waals surface area contributed by atoms with Gasteiger partial charge in [-0.3, -0.25) is 14.5 Å². The zero-order chi connectivity index (χ0) is 27.2. The van der Waals surface area contributed by atoms with Gasteiger partial charge in [0.1, 0.15) is 17.6 Å².